The van der Waals surface area contributed by atoms with Crippen LogP contribution in [0.5, 0.6) is 11.5 Å². The second-order valence-electron chi connectivity index (χ2n) is 5.44. The van der Waals surface area contributed by atoms with Crippen molar-refractivity contribution in [2.75, 3.05) is 0 Å². The topological polar surface area (TPSA) is 130 Å². The smallest absolute Gasteiger partial charge is 0.127 e. The summed E-state index contributed by atoms with van der Waals surface area (Å²) in [5.41, 5.74) is 0.800. The lowest BCUT2D eigenvalue weighted by Gasteiger charge is -2.39. The van der Waals surface area contributed by atoms with Gasteiger partial charge in [-0.2, -0.15) is 0 Å². The molecule has 0 spiro atoms. The zero-order valence-corrected chi connectivity index (χ0v) is 14.8. The van der Waals surface area contributed by atoms with Crippen LogP contribution < -0.4 is 14.5 Å². The van der Waals surface area contributed by atoms with Gasteiger partial charge in [0.25, 0.3) is 0 Å². The Morgan fingerprint density at radius 3 is 2.04 bits per heavy atom. The molecule has 2 rings (SSSR count). The van der Waals surface area contributed by atoms with Crippen LogP contribution >= 0.6 is 7.60 Å². The number of benzene rings is 2. The lowest BCUT2D eigenvalue weighted by molar-refractivity contribution is -0.314. The van der Waals surface area contributed by atoms with Gasteiger partial charge in [-0.3, -0.25) is 0 Å². The first-order valence-corrected chi connectivity index (χ1v) is 10.5. The van der Waals surface area contributed by atoms with Gasteiger partial charge in [-0.05, 0) is 49.1 Å². The van der Waals surface area contributed by atoms with Gasteiger partial charge in [-0.25, -0.2) is 8.42 Å². The summed E-state index contributed by atoms with van der Waals surface area (Å²) in [5.74, 6) is 1.29. The number of ether oxygens (including phenoxy) is 1. The molecule has 0 aliphatic heterocycles. The fourth-order valence-electron chi connectivity index (χ4n) is 2.29. The molecule has 7 nitrogen and oxygen atoms in total. The molecule has 0 heterocycles. The molecule has 25 heavy (non-hydrogen) atoms. The van der Waals surface area contributed by atoms with E-state index < -0.39 is 29.1 Å². The van der Waals surface area contributed by atoms with Crippen molar-refractivity contribution in [3.05, 3.63) is 60.2 Å². The Labute approximate surface area is 146 Å². The van der Waals surface area contributed by atoms with Gasteiger partial charge in [-0.15, -0.1) is 0 Å². The van der Waals surface area contributed by atoms with Gasteiger partial charge in [0, 0.05) is 0 Å². The lowest BCUT2D eigenvalue weighted by Crippen LogP contribution is -2.32. The minimum absolute atomic E-state index is 0.0828. The minimum Gasteiger partial charge on any atom is -0.810 e. The third kappa shape index (κ3) is 6.26. The Morgan fingerprint density at radius 1 is 0.960 bits per heavy atom. The summed E-state index contributed by atoms with van der Waals surface area (Å²) < 4.78 is 49.2. The van der Waals surface area contributed by atoms with Crippen LogP contribution in [0.1, 0.15) is 18.4 Å². The van der Waals surface area contributed by atoms with Crippen molar-refractivity contribution in [3.8, 4) is 11.5 Å². The predicted octanol–water partition coefficient (Wildman–Crippen LogP) is 1.59. The van der Waals surface area contributed by atoms with Gasteiger partial charge in [0.2, 0.25) is 0 Å². The average molecular weight is 383 g/mol. The number of hydrogen-bond acceptors (Lipinski definition) is 7. The molecule has 0 N–H and O–H groups in total. The summed E-state index contributed by atoms with van der Waals surface area (Å²) in [6.45, 7) is 0. The molecule has 1 unspecified atom stereocenters. The number of hydrogen-bond donors (Lipinski definition) is 0. The zero-order chi connectivity index (χ0) is 18.5. The maximum Gasteiger partial charge on any atom is 0.127 e. The molecule has 136 valence electrons. The third-order valence-corrected chi connectivity index (χ3v) is 6.92. The van der Waals surface area contributed by atoms with E-state index in [0.717, 1.165) is 5.56 Å². The van der Waals surface area contributed by atoms with Crippen molar-refractivity contribution >= 4 is 17.7 Å². The molecule has 0 saturated heterocycles. The molecule has 0 aliphatic rings. The SMILES string of the molecule is O=P([O-])([O-])C(CCCc1ccc(Oc2ccccc2)cc1)S(=O)(=O)[O-]. The van der Waals surface area contributed by atoms with E-state index in [2.05, 4.69) is 0 Å². The molecule has 0 aromatic heterocycles. The van der Waals surface area contributed by atoms with Crippen molar-refractivity contribution in [1.29, 1.82) is 0 Å². The molecule has 9 heteroatoms. The molecule has 2 aromatic rings. The predicted molar refractivity (Wildman–Crippen MR) is 87.0 cm³/mol. The average Bonchev–Trinajstić information content (AvgIpc) is 2.51. The highest BCUT2D eigenvalue weighted by atomic mass is 32.2. The second kappa shape index (κ2) is 8.12. The van der Waals surface area contributed by atoms with Gasteiger partial charge in [0.15, 0.2) is 0 Å². The monoisotopic (exact) mass is 383 g/mol. The molecular formula is C16H16O7PS-3. The normalized spacial score (nSPS) is 13.4. The van der Waals surface area contributed by atoms with Gasteiger partial charge in [0.1, 0.15) is 21.6 Å². The molecule has 0 saturated carbocycles. The Kier molecular flexibility index (Phi) is 6.37. The van der Waals surface area contributed by atoms with Crippen LogP contribution in [0.4, 0.5) is 0 Å². The van der Waals surface area contributed by atoms with E-state index in [1.807, 2.05) is 30.3 Å². The molecular weight excluding hydrogens is 367 g/mol. The molecule has 0 fully saturated rings. The van der Waals surface area contributed by atoms with E-state index >= 15 is 0 Å². The maximum atomic E-state index is 10.9. The van der Waals surface area contributed by atoms with E-state index in [4.69, 9.17) is 4.74 Å². The zero-order valence-electron chi connectivity index (χ0n) is 13.1. The van der Waals surface area contributed by atoms with Gasteiger partial charge < -0.3 is 23.6 Å². The van der Waals surface area contributed by atoms with Crippen molar-refractivity contribution in [3.63, 3.8) is 0 Å². The molecule has 1 atom stereocenters. The van der Waals surface area contributed by atoms with Crippen molar-refractivity contribution in [2.24, 2.45) is 0 Å². The Morgan fingerprint density at radius 2 is 1.52 bits per heavy atom. The molecule has 2 aromatic carbocycles. The standard InChI is InChI=1S/C16H19O7PS/c17-24(18,19)16(25(20,21)22)8-4-5-13-9-11-15(12-10-13)23-14-6-2-1-3-7-14/h1-3,6-7,9-12,16H,4-5,8H2,(H2,17,18,19)(H,20,21,22)/p-3. The van der Waals surface area contributed by atoms with Crippen LogP contribution in [-0.2, 0) is 21.1 Å². The summed E-state index contributed by atoms with van der Waals surface area (Å²) >= 11 is 0. The number of para-hydroxylation sites is 1. The van der Waals surface area contributed by atoms with Gasteiger partial charge in [0.05, 0.1) is 4.99 Å². The highest BCUT2D eigenvalue weighted by Gasteiger charge is 2.19. The summed E-state index contributed by atoms with van der Waals surface area (Å²) in [7, 11) is -10.7. The van der Waals surface area contributed by atoms with Crippen molar-refractivity contribution < 1.29 is 32.1 Å². The van der Waals surface area contributed by atoms with Crippen LogP contribution in [0.3, 0.4) is 0 Å². The van der Waals surface area contributed by atoms with Crippen LogP contribution in [0.2, 0.25) is 0 Å². The Bertz CT molecular complexity index is 829. The number of aryl methyl sites for hydroxylation is 1. The Balaban J connectivity index is 1.92. The van der Waals surface area contributed by atoms with E-state index in [0.29, 0.717) is 17.9 Å². The second-order valence-corrected chi connectivity index (χ2v) is 9.05. The third-order valence-electron chi connectivity index (χ3n) is 3.50. The van der Waals surface area contributed by atoms with E-state index in [9.17, 15) is 27.3 Å². The van der Waals surface area contributed by atoms with Crippen molar-refractivity contribution in [1.82, 2.24) is 0 Å². The summed E-state index contributed by atoms with van der Waals surface area (Å²) in [6.07, 6.45) is -0.102. The van der Waals surface area contributed by atoms with E-state index in [1.54, 1.807) is 24.3 Å². The molecule has 0 bridgehead atoms. The summed E-state index contributed by atoms with van der Waals surface area (Å²) in [5, 5.41) is 0. The minimum atomic E-state index is -5.49. The van der Waals surface area contributed by atoms with Crippen LogP contribution in [0.15, 0.2) is 54.6 Å². The Hall–Kier alpha value is -1.70. The first-order chi connectivity index (χ1) is 11.7. The summed E-state index contributed by atoms with van der Waals surface area (Å²) in [4.78, 5) is 19.4. The van der Waals surface area contributed by atoms with Crippen molar-refractivity contribution in [2.45, 2.75) is 24.3 Å². The fourth-order valence-corrected chi connectivity index (χ4v) is 4.51. The first kappa shape index (κ1) is 19.6. The number of rotatable bonds is 8. The largest absolute Gasteiger partial charge is 0.810 e. The van der Waals surface area contributed by atoms with E-state index in [1.165, 1.54) is 0 Å². The first-order valence-electron chi connectivity index (χ1n) is 7.44. The molecule has 0 radical (unpaired) electrons. The fraction of sp³-hybridized carbons (Fsp3) is 0.250. The molecule has 0 aliphatic carbocycles. The van der Waals surface area contributed by atoms with Crippen LogP contribution in [0, 0.1) is 0 Å². The van der Waals surface area contributed by atoms with Crippen LogP contribution in [-0.4, -0.2) is 18.0 Å². The van der Waals surface area contributed by atoms with Gasteiger partial charge in [-0.1, -0.05) is 37.9 Å². The van der Waals surface area contributed by atoms with E-state index in [-0.39, 0.29) is 6.42 Å². The van der Waals surface area contributed by atoms with Crippen LogP contribution in [0.25, 0.3) is 0 Å². The lowest BCUT2D eigenvalue weighted by atomic mass is 10.1. The summed E-state index contributed by atoms with van der Waals surface area (Å²) in [6, 6.07) is 16.1. The molecule has 0 amide bonds. The highest BCUT2D eigenvalue weighted by molar-refractivity contribution is 7.93. The highest BCUT2D eigenvalue weighted by Crippen LogP contribution is 2.38. The quantitative estimate of drug-likeness (QED) is 0.500. The van der Waals surface area contributed by atoms with Gasteiger partial charge >= 0.3 is 0 Å². The maximum absolute atomic E-state index is 10.9.